The molecule has 0 bridgehead atoms. The minimum atomic E-state index is -2.94. The molecule has 2 rings (SSSR count). The molecule has 1 saturated heterocycles. The maximum atomic E-state index is 12.3. The smallest absolute Gasteiger partial charge is 0.387 e. The third-order valence-corrected chi connectivity index (χ3v) is 3.39. The van der Waals surface area contributed by atoms with Crippen LogP contribution >= 0.6 is 0 Å². The molecular formula is C15H21F2N3O3. The van der Waals surface area contributed by atoms with E-state index in [0.29, 0.717) is 6.54 Å². The zero-order valence-corrected chi connectivity index (χ0v) is 12.8. The molecule has 2 amide bonds. The van der Waals surface area contributed by atoms with Crippen LogP contribution in [0.1, 0.15) is 6.42 Å². The number of para-hydroxylation sites is 2. The largest absolute Gasteiger partial charge is 0.433 e. The van der Waals surface area contributed by atoms with Crippen LogP contribution in [0.5, 0.6) is 5.75 Å². The van der Waals surface area contributed by atoms with E-state index in [0.717, 1.165) is 39.3 Å². The van der Waals surface area contributed by atoms with Gasteiger partial charge in [-0.15, -0.1) is 0 Å². The first-order valence-electron chi connectivity index (χ1n) is 7.54. The number of carbonyl (C=O) groups is 1. The molecule has 6 nitrogen and oxygen atoms in total. The number of rotatable bonds is 7. The molecule has 2 N–H and O–H groups in total. The van der Waals surface area contributed by atoms with Gasteiger partial charge in [0, 0.05) is 19.6 Å². The Bertz CT molecular complexity index is 497. The van der Waals surface area contributed by atoms with Gasteiger partial charge in [0.15, 0.2) is 0 Å². The van der Waals surface area contributed by atoms with Gasteiger partial charge in [-0.1, -0.05) is 12.1 Å². The normalized spacial score (nSPS) is 15.4. The van der Waals surface area contributed by atoms with Crippen LogP contribution in [-0.2, 0) is 4.74 Å². The molecule has 1 aliphatic rings. The number of halogens is 2. The van der Waals surface area contributed by atoms with E-state index in [1.807, 2.05) is 0 Å². The summed E-state index contributed by atoms with van der Waals surface area (Å²) in [7, 11) is 0. The van der Waals surface area contributed by atoms with E-state index in [1.165, 1.54) is 12.1 Å². The van der Waals surface area contributed by atoms with Crippen molar-refractivity contribution in [2.75, 3.05) is 44.7 Å². The zero-order valence-electron chi connectivity index (χ0n) is 12.8. The maximum Gasteiger partial charge on any atom is 0.387 e. The highest BCUT2D eigenvalue weighted by Crippen LogP contribution is 2.25. The van der Waals surface area contributed by atoms with E-state index >= 15 is 0 Å². The van der Waals surface area contributed by atoms with Crippen LogP contribution in [0.2, 0.25) is 0 Å². The second-order valence-corrected chi connectivity index (χ2v) is 5.06. The summed E-state index contributed by atoms with van der Waals surface area (Å²) in [6, 6.07) is 5.62. The number of morpholine rings is 1. The van der Waals surface area contributed by atoms with Crippen molar-refractivity contribution >= 4 is 11.7 Å². The number of amides is 2. The minimum absolute atomic E-state index is 0.0639. The van der Waals surface area contributed by atoms with Crippen LogP contribution in [0.25, 0.3) is 0 Å². The Morgan fingerprint density at radius 1 is 1.30 bits per heavy atom. The Morgan fingerprint density at radius 2 is 2.04 bits per heavy atom. The van der Waals surface area contributed by atoms with Crippen LogP contribution in [0, 0.1) is 0 Å². The van der Waals surface area contributed by atoms with Gasteiger partial charge in [-0.25, -0.2) is 4.79 Å². The lowest BCUT2D eigenvalue weighted by Gasteiger charge is -2.26. The van der Waals surface area contributed by atoms with Gasteiger partial charge in [0.1, 0.15) is 5.75 Å². The molecule has 1 aliphatic heterocycles. The van der Waals surface area contributed by atoms with Crippen LogP contribution in [-0.4, -0.2) is 56.9 Å². The summed E-state index contributed by atoms with van der Waals surface area (Å²) < 4.78 is 34.2. The molecule has 1 heterocycles. The zero-order chi connectivity index (χ0) is 16.5. The average Bonchev–Trinajstić information content (AvgIpc) is 2.54. The fourth-order valence-electron chi connectivity index (χ4n) is 2.26. The van der Waals surface area contributed by atoms with Crippen molar-refractivity contribution in [2.45, 2.75) is 13.0 Å². The Balaban J connectivity index is 1.70. The molecule has 23 heavy (non-hydrogen) atoms. The maximum absolute atomic E-state index is 12.3. The second kappa shape index (κ2) is 9.26. The molecule has 1 fully saturated rings. The topological polar surface area (TPSA) is 62.8 Å². The third kappa shape index (κ3) is 6.37. The Hall–Kier alpha value is -1.93. The van der Waals surface area contributed by atoms with E-state index < -0.39 is 12.6 Å². The van der Waals surface area contributed by atoms with Crippen molar-refractivity contribution in [3.05, 3.63) is 24.3 Å². The number of benzene rings is 1. The summed E-state index contributed by atoms with van der Waals surface area (Å²) >= 11 is 0. The predicted octanol–water partition coefficient (Wildman–Crippen LogP) is 2.13. The molecule has 0 aliphatic carbocycles. The Labute approximate surface area is 133 Å². The van der Waals surface area contributed by atoms with Crippen molar-refractivity contribution in [3.8, 4) is 5.75 Å². The van der Waals surface area contributed by atoms with Gasteiger partial charge in [0.2, 0.25) is 0 Å². The molecule has 1 aromatic carbocycles. The minimum Gasteiger partial charge on any atom is -0.433 e. The van der Waals surface area contributed by atoms with Crippen molar-refractivity contribution in [3.63, 3.8) is 0 Å². The fourth-order valence-corrected chi connectivity index (χ4v) is 2.26. The molecule has 128 valence electrons. The molecule has 1 aromatic rings. The second-order valence-electron chi connectivity index (χ2n) is 5.06. The number of hydrogen-bond donors (Lipinski definition) is 2. The van der Waals surface area contributed by atoms with Gasteiger partial charge in [-0.05, 0) is 25.1 Å². The SMILES string of the molecule is O=C(NCCCN1CCOCC1)Nc1ccccc1OC(F)F. The van der Waals surface area contributed by atoms with E-state index in [1.54, 1.807) is 12.1 Å². The van der Waals surface area contributed by atoms with Crippen LogP contribution < -0.4 is 15.4 Å². The summed E-state index contributed by atoms with van der Waals surface area (Å²) in [6.45, 7) is 1.75. The monoisotopic (exact) mass is 329 g/mol. The Kier molecular flexibility index (Phi) is 7.02. The van der Waals surface area contributed by atoms with Gasteiger partial charge in [0.05, 0.1) is 18.9 Å². The van der Waals surface area contributed by atoms with E-state index in [-0.39, 0.29) is 11.4 Å². The summed E-state index contributed by atoms with van der Waals surface area (Å²) in [4.78, 5) is 14.1. The number of anilines is 1. The molecule has 0 unspecified atom stereocenters. The van der Waals surface area contributed by atoms with Gasteiger partial charge in [0.25, 0.3) is 0 Å². The molecule has 0 aromatic heterocycles. The number of nitrogens with zero attached hydrogens (tertiary/aromatic N) is 1. The first-order valence-corrected chi connectivity index (χ1v) is 7.54. The van der Waals surface area contributed by atoms with Crippen LogP contribution in [0.3, 0.4) is 0 Å². The number of alkyl halides is 2. The number of hydrogen-bond acceptors (Lipinski definition) is 4. The van der Waals surface area contributed by atoms with Gasteiger partial charge in [-0.3, -0.25) is 4.90 Å². The lowest BCUT2D eigenvalue weighted by atomic mass is 10.3. The standard InChI is InChI=1S/C15H21F2N3O3/c16-14(17)23-13-5-2-1-4-12(13)19-15(21)18-6-3-7-20-8-10-22-11-9-20/h1-2,4-5,14H,3,6-11H2,(H2,18,19,21). The Morgan fingerprint density at radius 3 is 2.78 bits per heavy atom. The quantitative estimate of drug-likeness (QED) is 0.752. The highest BCUT2D eigenvalue weighted by Gasteiger charge is 2.12. The molecule has 0 spiro atoms. The number of nitrogens with one attached hydrogen (secondary N) is 2. The fraction of sp³-hybridized carbons (Fsp3) is 0.533. The third-order valence-electron chi connectivity index (χ3n) is 3.39. The number of ether oxygens (including phenoxy) is 2. The lowest BCUT2D eigenvalue weighted by molar-refractivity contribution is -0.0493. The van der Waals surface area contributed by atoms with Crippen molar-refractivity contribution in [2.24, 2.45) is 0 Å². The van der Waals surface area contributed by atoms with Crippen molar-refractivity contribution in [1.29, 1.82) is 0 Å². The first-order chi connectivity index (χ1) is 11.1. The van der Waals surface area contributed by atoms with Crippen LogP contribution in [0.15, 0.2) is 24.3 Å². The summed E-state index contributed by atoms with van der Waals surface area (Å²) in [5, 5.41) is 5.21. The van der Waals surface area contributed by atoms with E-state index in [2.05, 4.69) is 20.3 Å². The summed E-state index contributed by atoms with van der Waals surface area (Å²) in [6.07, 6.45) is 0.808. The van der Waals surface area contributed by atoms with E-state index in [4.69, 9.17) is 4.74 Å². The highest BCUT2D eigenvalue weighted by molar-refractivity contribution is 5.90. The van der Waals surface area contributed by atoms with Gasteiger partial charge < -0.3 is 20.1 Å². The van der Waals surface area contributed by atoms with E-state index in [9.17, 15) is 13.6 Å². The molecule has 0 radical (unpaired) electrons. The van der Waals surface area contributed by atoms with Gasteiger partial charge in [-0.2, -0.15) is 8.78 Å². The predicted molar refractivity (Wildman–Crippen MR) is 82.0 cm³/mol. The van der Waals surface area contributed by atoms with Crippen molar-refractivity contribution in [1.82, 2.24) is 10.2 Å². The molecular weight excluding hydrogens is 308 g/mol. The molecule has 0 saturated carbocycles. The number of carbonyl (C=O) groups excluding carboxylic acids is 1. The molecule has 8 heteroatoms. The summed E-state index contributed by atoms with van der Waals surface area (Å²) in [5.74, 6) is -0.0639. The van der Waals surface area contributed by atoms with Crippen LogP contribution in [0.4, 0.5) is 19.3 Å². The highest BCUT2D eigenvalue weighted by atomic mass is 19.3. The first kappa shape index (κ1) is 17.4. The average molecular weight is 329 g/mol. The summed E-state index contributed by atoms with van der Waals surface area (Å²) in [5.41, 5.74) is 0.207. The van der Waals surface area contributed by atoms with Gasteiger partial charge >= 0.3 is 12.6 Å². The molecule has 0 atom stereocenters. The van der Waals surface area contributed by atoms with Crippen molar-refractivity contribution < 1.29 is 23.0 Å². The number of urea groups is 1. The lowest BCUT2D eigenvalue weighted by Crippen LogP contribution is -2.38.